The van der Waals surface area contributed by atoms with E-state index >= 15 is 0 Å². The molecule has 0 aromatic heterocycles. The topological polar surface area (TPSA) is 64.8 Å². The Morgan fingerprint density at radius 1 is 1.24 bits per heavy atom. The Kier molecular flexibility index (Phi) is 5.07. The number of benzene rings is 1. The monoisotopic (exact) mass is 292 g/mol. The molecule has 1 heterocycles. The molecule has 1 saturated heterocycles. The lowest BCUT2D eigenvalue weighted by atomic mass is 10.1. The summed E-state index contributed by atoms with van der Waals surface area (Å²) in [5, 5.41) is 0. The number of nitrogens with two attached hydrogens (primary N) is 1. The third kappa shape index (κ3) is 3.47. The first-order valence-corrected chi connectivity index (χ1v) is 7.51. The molecule has 5 heteroatoms. The molecule has 5 nitrogen and oxygen atoms in total. The van der Waals surface area contributed by atoms with E-state index in [-0.39, 0.29) is 11.9 Å². The average molecular weight is 292 g/mol. The van der Waals surface area contributed by atoms with Crippen LogP contribution in [0.1, 0.15) is 31.1 Å². The van der Waals surface area contributed by atoms with Crippen molar-refractivity contribution in [1.29, 1.82) is 0 Å². The largest absolute Gasteiger partial charge is 0.490 e. The highest BCUT2D eigenvalue weighted by atomic mass is 16.5. The van der Waals surface area contributed by atoms with Crippen molar-refractivity contribution in [2.75, 3.05) is 26.3 Å². The van der Waals surface area contributed by atoms with E-state index in [0.717, 1.165) is 0 Å². The molecule has 1 aromatic carbocycles. The molecule has 21 heavy (non-hydrogen) atoms. The second kappa shape index (κ2) is 6.80. The van der Waals surface area contributed by atoms with Gasteiger partial charge in [-0.2, -0.15) is 0 Å². The Hall–Kier alpha value is -1.75. The van der Waals surface area contributed by atoms with Gasteiger partial charge in [-0.15, -0.1) is 0 Å². The van der Waals surface area contributed by atoms with E-state index in [4.69, 9.17) is 15.2 Å². The number of nitrogens with zero attached hydrogens (tertiary/aromatic N) is 1. The predicted molar refractivity (Wildman–Crippen MR) is 81.8 cm³/mol. The molecular weight excluding hydrogens is 268 g/mol. The van der Waals surface area contributed by atoms with Crippen molar-refractivity contribution in [3.8, 4) is 11.5 Å². The quantitative estimate of drug-likeness (QED) is 0.900. The van der Waals surface area contributed by atoms with Gasteiger partial charge in [-0.05, 0) is 38.0 Å². The normalized spacial score (nSPS) is 21.4. The van der Waals surface area contributed by atoms with Crippen LogP contribution in [-0.2, 0) is 0 Å². The van der Waals surface area contributed by atoms with E-state index in [0.29, 0.717) is 49.3 Å². The van der Waals surface area contributed by atoms with Gasteiger partial charge < -0.3 is 20.1 Å². The Bertz CT molecular complexity index is 494. The van der Waals surface area contributed by atoms with Crippen LogP contribution in [0.3, 0.4) is 0 Å². The Balaban J connectivity index is 2.19. The van der Waals surface area contributed by atoms with Crippen LogP contribution >= 0.6 is 0 Å². The molecule has 1 amide bonds. The third-order valence-electron chi connectivity index (χ3n) is 3.75. The SMILES string of the molecule is CCOc1ccc(C(=O)N2CC(C)C(N)C2)cc1OCC. The number of ether oxygens (including phenoxy) is 2. The zero-order valence-corrected chi connectivity index (χ0v) is 13.0. The maximum absolute atomic E-state index is 12.5. The van der Waals surface area contributed by atoms with E-state index in [2.05, 4.69) is 6.92 Å². The van der Waals surface area contributed by atoms with Gasteiger partial charge in [0.05, 0.1) is 13.2 Å². The van der Waals surface area contributed by atoms with Gasteiger partial charge in [0.2, 0.25) is 0 Å². The summed E-state index contributed by atoms with van der Waals surface area (Å²) in [4.78, 5) is 14.3. The number of carbonyl (C=O) groups is 1. The maximum atomic E-state index is 12.5. The van der Waals surface area contributed by atoms with Crippen LogP contribution in [-0.4, -0.2) is 43.2 Å². The van der Waals surface area contributed by atoms with Crippen LogP contribution in [0.2, 0.25) is 0 Å². The van der Waals surface area contributed by atoms with Gasteiger partial charge in [-0.3, -0.25) is 4.79 Å². The summed E-state index contributed by atoms with van der Waals surface area (Å²) in [5.41, 5.74) is 6.60. The average Bonchev–Trinajstić information content (AvgIpc) is 2.80. The van der Waals surface area contributed by atoms with Crippen molar-refractivity contribution >= 4 is 5.91 Å². The molecule has 1 aromatic rings. The summed E-state index contributed by atoms with van der Waals surface area (Å²) in [6.45, 7) is 8.30. The molecule has 0 aliphatic carbocycles. The Morgan fingerprint density at radius 2 is 1.90 bits per heavy atom. The molecule has 2 unspecified atom stereocenters. The molecule has 2 N–H and O–H groups in total. The van der Waals surface area contributed by atoms with E-state index in [9.17, 15) is 4.79 Å². The first kappa shape index (κ1) is 15.6. The molecule has 0 spiro atoms. The minimum Gasteiger partial charge on any atom is -0.490 e. The number of carbonyl (C=O) groups excluding carboxylic acids is 1. The third-order valence-corrected chi connectivity index (χ3v) is 3.75. The lowest BCUT2D eigenvalue weighted by molar-refractivity contribution is 0.0786. The van der Waals surface area contributed by atoms with Crippen LogP contribution in [0.5, 0.6) is 11.5 Å². The zero-order chi connectivity index (χ0) is 15.4. The van der Waals surface area contributed by atoms with E-state index in [1.807, 2.05) is 13.8 Å². The number of hydrogen-bond acceptors (Lipinski definition) is 4. The molecular formula is C16H24N2O3. The highest BCUT2D eigenvalue weighted by Crippen LogP contribution is 2.29. The molecule has 1 fully saturated rings. The molecule has 116 valence electrons. The van der Waals surface area contributed by atoms with Crippen LogP contribution in [0, 0.1) is 5.92 Å². The minimum atomic E-state index is -0.00111. The summed E-state index contributed by atoms with van der Waals surface area (Å²) < 4.78 is 11.1. The molecule has 1 aliphatic heterocycles. The highest BCUT2D eigenvalue weighted by Gasteiger charge is 2.30. The first-order chi connectivity index (χ1) is 10.1. The van der Waals surface area contributed by atoms with Crippen LogP contribution < -0.4 is 15.2 Å². The van der Waals surface area contributed by atoms with Crippen molar-refractivity contribution in [1.82, 2.24) is 4.90 Å². The highest BCUT2D eigenvalue weighted by molar-refractivity contribution is 5.95. The van der Waals surface area contributed by atoms with Gasteiger partial charge >= 0.3 is 0 Å². The van der Waals surface area contributed by atoms with E-state index in [1.165, 1.54) is 0 Å². The number of rotatable bonds is 5. The standard InChI is InChI=1S/C16H24N2O3/c1-4-20-14-7-6-12(8-15(14)21-5-2)16(19)18-9-11(3)13(17)10-18/h6-8,11,13H,4-5,9-10,17H2,1-3H3. The molecule has 1 aliphatic rings. The second-order valence-corrected chi connectivity index (χ2v) is 5.38. The van der Waals surface area contributed by atoms with Crippen LogP contribution in [0.15, 0.2) is 18.2 Å². The summed E-state index contributed by atoms with van der Waals surface area (Å²) in [6, 6.07) is 5.39. The van der Waals surface area contributed by atoms with Gasteiger partial charge in [0.25, 0.3) is 5.91 Å². The lowest BCUT2D eigenvalue weighted by Gasteiger charge is -2.17. The Labute approximate surface area is 126 Å². The van der Waals surface area contributed by atoms with Crippen molar-refractivity contribution in [2.45, 2.75) is 26.8 Å². The summed E-state index contributed by atoms with van der Waals surface area (Å²) in [7, 11) is 0. The fourth-order valence-electron chi connectivity index (χ4n) is 2.52. The van der Waals surface area contributed by atoms with Crippen molar-refractivity contribution in [2.24, 2.45) is 11.7 Å². The number of likely N-dealkylation sites (tertiary alicyclic amines) is 1. The molecule has 2 atom stereocenters. The first-order valence-electron chi connectivity index (χ1n) is 7.51. The van der Waals surface area contributed by atoms with Crippen LogP contribution in [0.25, 0.3) is 0 Å². The second-order valence-electron chi connectivity index (χ2n) is 5.38. The fourth-order valence-corrected chi connectivity index (χ4v) is 2.52. The lowest BCUT2D eigenvalue weighted by Crippen LogP contribution is -2.32. The van der Waals surface area contributed by atoms with Crippen molar-refractivity contribution < 1.29 is 14.3 Å². The van der Waals surface area contributed by atoms with Crippen molar-refractivity contribution in [3.63, 3.8) is 0 Å². The Morgan fingerprint density at radius 3 is 2.48 bits per heavy atom. The van der Waals surface area contributed by atoms with Crippen LogP contribution in [0.4, 0.5) is 0 Å². The molecule has 2 rings (SSSR count). The van der Waals surface area contributed by atoms with E-state index in [1.54, 1.807) is 23.1 Å². The van der Waals surface area contributed by atoms with E-state index < -0.39 is 0 Å². The molecule has 0 saturated carbocycles. The van der Waals surface area contributed by atoms with Crippen molar-refractivity contribution in [3.05, 3.63) is 23.8 Å². The summed E-state index contributed by atoms with van der Waals surface area (Å²) >= 11 is 0. The fraction of sp³-hybridized carbons (Fsp3) is 0.562. The van der Waals surface area contributed by atoms with Gasteiger partial charge in [-0.25, -0.2) is 0 Å². The smallest absolute Gasteiger partial charge is 0.254 e. The summed E-state index contributed by atoms with van der Waals surface area (Å²) in [6.07, 6.45) is 0. The molecule has 0 radical (unpaired) electrons. The minimum absolute atomic E-state index is 0.00111. The zero-order valence-electron chi connectivity index (χ0n) is 13.0. The van der Waals surface area contributed by atoms with Gasteiger partial charge in [0.1, 0.15) is 0 Å². The molecule has 0 bridgehead atoms. The summed E-state index contributed by atoms with van der Waals surface area (Å²) in [5.74, 6) is 1.62. The number of hydrogen-bond donors (Lipinski definition) is 1. The van der Waals surface area contributed by atoms with Gasteiger partial charge in [0.15, 0.2) is 11.5 Å². The number of amides is 1. The van der Waals surface area contributed by atoms with Gasteiger partial charge in [-0.1, -0.05) is 6.92 Å². The maximum Gasteiger partial charge on any atom is 0.254 e. The van der Waals surface area contributed by atoms with Gasteiger partial charge in [0, 0.05) is 24.7 Å². The predicted octanol–water partition coefficient (Wildman–Crippen LogP) is 1.90.